The van der Waals surface area contributed by atoms with Crippen LogP contribution in [0.4, 0.5) is 17.1 Å². The molecule has 8 nitrogen and oxygen atoms in total. The zero-order valence-electron chi connectivity index (χ0n) is 16.9. The second-order valence-corrected chi connectivity index (χ2v) is 7.87. The number of nitro benzene ring substituents is 1. The van der Waals surface area contributed by atoms with E-state index >= 15 is 0 Å². The highest BCUT2D eigenvalue weighted by atomic mass is 35.5. The van der Waals surface area contributed by atoms with Crippen LogP contribution in [0.2, 0.25) is 5.02 Å². The topological polar surface area (TPSA) is 100 Å². The third kappa shape index (κ3) is 7.17. The molecule has 0 fully saturated rings. The number of likely N-dealkylation sites (N-methyl/N-ethyl adjacent to an activating group) is 1. The molecule has 0 spiro atoms. The van der Waals surface area contributed by atoms with Crippen molar-refractivity contribution < 1.29 is 14.5 Å². The molecule has 0 aromatic heterocycles. The second kappa shape index (κ2) is 10.4. The summed E-state index contributed by atoms with van der Waals surface area (Å²) >= 11 is 6.03. The van der Waals surface area contributed by atoms with Crippen LogP contribution in [0.5, 0.6) is 0 Å². The third-order valence-electron chi connectivity index (χ3n) is 4.68. The number of quaternary nitrogens is 1. The molecule has 1 unspecified atom stereocenters. The van der Waals surface area contributed by atoms with E-state index in [4.69, 9.17) is 16.7 Å². The molecule has 2 aromatic rings. The second-order valence-electron chi connectivity index (χ2n) is 7.47. The summed E-state index contributed by atoms with van der Waals surface area (Å²) in [4.78, 5) is 10.2. The number of benzene rings is 2. The highest BCUT2D eigenvalue weighted by Crippen LogP contribution is 2.30. The van der Waals surface area contributed by atoms with Gasteiger partial charge in [-0.2, -0.15) is 5.11 Å². The Morgan fingerprint density at radius 1 is 1.17 bits per heavy atom. The van der Waals surface area contributed by atoms with Gasteiger partial charge in [0.05, 0.1) is 42.9 Å². The number of nitrogens with zero attached hydrogens (tertiary/aromatic N) is 4. The van der Waals surface area contributed by atoms with Crippen LogP contribution < -0.4 is 5.32 Å². The van der Waals surface area contributed by atoms with Crippen LogP contribution in [0.15, 0.2) is 52.7 Å². The van der Waals surface area contributed by atoms with Gasteiger partial charge in [-0.1, -0.05) is 23.7 Å². The molecule has 9 heteroatoms. The summed E-state index contributed by atoms with van der Waals surface area (Å²) in [7, 11) is 4.19. The SMILES string of the molecule is CC(NCC[N+](C)(C)CCO)c1ccc(N=Nc2ccc([N+](=O)[O-])cc2Cl)cc1. The number of hydrogen-bond donors (Lipinski definition) is 2. The normalized spacial score (nSPS) is 13.0. The summed E-state index contributed by atoms with van der Waals surface area (Å²) in [5.74, 6) is 0. The Labute approximate surface area is 175 Å². The Morgan fingerprint density at radius 3 is 2.45 bits per heavy atom. The van der Waals surface area contributed by atoms with E-state index in [0.717, 1.165) is 29.7 Å². The number of aliphatic hydroxyl groups is 1. The summed E-state index contributed by atoms with van der Waals surface area (Å²) in [5, 5.41) is 31.7. The van der Waals surface area contributed by atoms with Crippen LogP contribution in [-0.4, -0.2) is 54.8 Å². The maximum absolute atomic E-state index is 10.8. The molecule has 0 amide bonds. The molecule has 2 N–H and O–H groups in total. The minimum Gasteiger partial charge on any atom is -0.391 e. The zero-order chi connectivity index (χ0) is 21.4. The fourth-order valence-corrected chi connectivity index (χ4v) is 2.93. The lowest BCUT2D eigenvalue weighted by atomic mass is 10.1. The molecular weight excluding hydrogens is 394 g/mol. The highest BCUT2D eigenvalue weighted by molar-refractivity contribution is 6.33. The van der Waals surface area contributed by atoms with E-state index in [-0.39, 0.29) is 23.4 Å². The molecule has 0 radical (unpaired) electrons. The van der Waals surface area contributed by atoms with E-state index in [1.54, 1.807) is 0 Å². The molecule has 1 atom stereocenters. The molecular formula is C20H27ClN5O3+. The molecule has 2 rings (SSSR count). The van der Waals surface area contributed by atoms with Gasteiger partial charge >= 0.3 is 0 Å². The number of rotatable bonds is 10. The van der Waals surface area contributed by atoms with Crippen LogP contribution in [-0.2, 0) is 0 Å². The maximum Gasteiger partial charge on any atom is 0.271 e. The first-order chi connectivity index (χ1) is 13.7. The van der Waals surface area contributed by atoms with E-state index in [1.165, 1.54) is 18.2 Å². The summed E-state index contributed by atoms with van der Waals surface area (Å²) in [6.07, 6.45) is 0. The van der Waals surface area contributed by atoms with Gasteiger partial charge in [0.1, 0.15) is 12.2 Å². The van der Waals surface area contributed by atoms with E-state index in [9.17, 15) is 10.1 Å². The minimum absolute atomic E-state index is 0.0849. The third-order valence-corrected chi connectivity index (χ3v) is 4.98. The molecule has 0 saturated carbocycles. The Balaban J connectivity index is 1.94. The standard InChI is InChI=1S/C20H27ClN5O3/c1-15(22-10-11-26(2,3)12-13-27)16-4-6-17(7-5-16)23-24-20-9-8-18(25(28)29)14-19(20)21/h4-9,14-15,22,27H,10-13H2,1-3H3/q+1. The number of nitro groups is 1. The lowest BCUT2D eigenvalue weighted by Crippen LogP contribution is -2.46. The predicted octanol–water partition coefficient (Wildman–Crippen LogP) is 4.38. The number of hydrogen-bond acceptors (Lipinski definition) is 6. The number of non-ortho nitro benzene ring substituents is 1. The van der Waals surface area contributed by atoms with Crippen LogP contribution in [0.1, 0.15) is 18.5 Å². The van der Waals surface area contributed by atoms with E-state index < -0.39 is 4.92 Å². The number of halogens is 1. The Hall–Kier alpha value is -2.39. The van der Waals surface area contributed by atoms with Gasteiger partial charge in [0.15, 0.2) is 0 Å². The van der Waals surface area contributed by atoms with Crippen molar-refractivity contribution in [2.45, 2.75) is 13.0 Å². The Bertz CT molecular complexity index is 856. The molecule has 2 aromatic carbocycles. The Morgan fingerprint density at radius 2 is 1.86 bits per heavy atom. The van der Waals surface area contributed by atoms with Gasteiger partial charge in [-0.3, -0.25) is 10.1 Å². The van der Waals surface area contributed by atoms with Crippen molar-refractivity contribution in [1.82, 2.24) is 5.32 Å². The van der Waals surface area contributed by atoms with Gasteiger partial charge in [0, 0.05) is 24.7 Å². The summed E-state index contributed by atoms with van der Waals surface area (Å²) in [5.41, 5.74) is 2.08. The fraction of sp³-hybridized carbons (Fsp3) is 0.400. The van der Waals surface area contributed by atoms with Crippen molar-refractivity contribution in [1.29, 1.82) is 0 Å². The highest BCUT2D eigenvalue weighted by Gasteiger charge is 2.14. The van der Waals surface area contributed by atoms with Gasteiger partial charge in [0.25, 0.3) is 5.69 Å². The number of aliphatic hydroxyl groups excluding tert-OH is 1. The van der Waals surface area contributed by atoms with E-state index in [2.05, 4.69) is 36.6 Å². The summed E-state index contributed by atoms with van der Waals surface area (Å²) in [6, 6.07) is 11.9. The van der Waals surface area contributed by atoms with Crippen LogP contribution in [0.3, 0.4) is 0 Å². The monoisotopic (exact) mass is 420 g/mol. The maximum atomic E-state index is 10.8. The van der Waals surface area contributed by atoms with Crippen molar-refractivity contribution in [2.24, 2.45) is 10.2 Å². The molecule has 0 heterocycles. The zero-order valence-corrected chi connectivity index (χ0v) is 17.6. The first-order valence-corrected chi connectivity index (χ1v) is 9.71. The minimum atomic E-state index is -0.507. The lowest BCUT2D eigenvalue weighted by molar-refractivity contribution is -0.889. The predicted molar refractivity (Wildman–Crippen MR) is 114 cm³/mol. The lowest BCUT2D eigenvalue weighted by Gasteiger charge is -2.29. The smallest absolute Gasteiger partial charge is 0.271 e. The Kier molecular flexibility index (Phi) is 8.21. The summed E-state index contributed by atoms with van der Waals surface area (Å²) in [6.45, 7) is 4.78. The molecule has 0 aliphatic heterocycles. The van der Waals surface area contributed by atoms with Crippen molar-refractivity contribution >= 4 is 28.7 Å². The van der Waals surface area contributed by atoms with Gasteiger partial charge in [-0.25, -0.2) is 0 Å². The first kappa shape index (κ1) is 22.9. The van der Waals surface area contributed by atoms with Crippen molar-refractivity contribution in [3.05, 3.63) is 63.2 Å². The largest absolute Gasteiger partial charge is 0.391 e. The molecule has 0 saturated heterocycles. The molecule has 0 aliphatic rings. The van der Waals surface area contributed by atoms with Crippen molar-refractivity contribution in [3.63, 3.8) is 0 Å². The van der Waals surface area contributed by atoms with Crippen molar-refractivity contribution in [3.8, 4) is 0 Å². The first-order valence-electron chi connectivity index (χ1n) is 9.34. The average Bonchev–Trinajstić information content (AvgIpc) is 2.67. The van der Waals surface area contributed by atoms with Gasteiger partial charge in [-0.15, -0.1) is 5.11 Å². The van der Waals surface area contributed by atoms with Crippen LogP contribution in [0.25, 0.3) is 0 Å². The van der Waals surface area contributed by atoms with Gasteiger partial charge in [0.2, 0.25) is 0 Å². The fourth-order valence-electron chi connectivity index (χ4n) is 2.72. The summed E-state index contributed by atoms with van der Waals surface area (Å²) < 4.78 is 0.765. The van der Waals surface area contributed by atoms with E-state index in [0.29, 0.717) is 11.4 Å². The quantitative estimate of drug-likeness (QED) is 0.258. The van der Waals surface area contributed by atoms with Gasteiger partial charge in [-0.05, 0) is 30.7 Å². The van der Waals surface area contributed by atoms with Crippen molar-refractivity contribution in [2.75, 3.05) is 40.3 Å². The molecule has 29 heavy (non-hydrogen) atoms. The number of azo groups is 1. The molecule has 0 aliphatic carbocycles. The average molecular weight is 421 g/mol. The van der Waals surface area contributed by atoms with E-state index in [1.807, 2.05) is 24.3 Å². The van der Waals surface area contributed by atoms with Crippen LogP contribution in [0, 0.1) is 10.1 Å². The van der Waals surface area contributed by atoms with Crippen LogP contribution >= 0.6 is 11.6 Å². The number of nitrogens with one attached hydrogen (secondary N) is 1. The van der Waals surface area contributed by atoms with Gasteiger partial charge < -0.3 is 14.9 Å². The molecule has 156 valence electrons. The molecule has 0 bridgehead atoms.